The summed E-state index contributed by atoms with van der Waals surface area (Å²) in [6.07, 6.45) is 4.95. The van der Waals surface area contributed by atoms with Gasteiger partial charge in [0.2, 0.25) is 5.91 Å². The number of nitrogens with one attached hydrogen (secondary N) is 1. The Kier molecular flexibility index (Phi) is 5.16. The summed E-state index contributed by atoms with van der Waals surface area (Å²) in [5, 5.41) is 3.22. The molecule has 3 N–H and O–H groups in total. The normalized spacial score (nSPS) is 26.5. The molecule has 1 aromatic rings. The molecule has 0 spiro atoms. The highest BCUT2D eigenvalue weighted by atomic mass is 79.9. The van der Waals surface area contributed by atoms with Gasteiger partial charge in [-0.2, -0.15) is 0 Å². The number of halogens is 1. The van der Waals surface area contributed by atoms with E-state index in [9.17, 15) is 4.79 Å². The Labute approximate surface area is 139 Å². The fourth-order valence-electron chi connectivity index (χ4n) is 3.23. The number of benzene rings is 1. The monoisotopic (exact) mass is 366 g/mol. The summed E-state index contributed by atoms with van der Waals surface area (Å²) in [4.78, 5) is 12.5. The molecule has 2 fully saturated rings. The maximum absolute atomic E-state index is 12.5. The topological polar surface area (TPSA) is 64.4 Å². The van der Waals surface area contributed by atoms with Crippen LogP contribution in [-0.4, -0.2) is 24.7 Å². The molecule has 1 aromatic carbocycles. The molecule has 1 heterocycles. The van der Waals surface area contributed by atoms with Crippen molar-refractivity contribution in [2.75, 3.05) is 6.54 Å². The molecule has 3 rings (SSSR count). The average molecular weight is 367 g/mol. The molecular weight excluding hydrogens is 344 g/mol. The number of rotatable bonds is 5. The molecule has 4 nitrogen and oxygen atoms in total. The van der Waals surface area contributed by atoms with Crippen LogP contribution in [0.4, 0.5) is 0 Å². The Hall–Kier alpha value is -0.910. The van der Waals surface area contributed by atoms with Gasteiger partial charge in [0.1, 0.15) is 6.10 Å². The van der Waals surface area contributed by atoms with Crippen LogP contribution in [0.3, 0.4) is 0 Å². The Morgan fingerprint density at radius 2 is 2.00 bits per heavy atom. The van der Waals surface area contributed by atoms with Gasteiger partial charge in [-0.3, -0.25) is 4.79 Å². The van der Waals surface area contributed by atoms with Crippen molar-refractivity contribution in [2.24, 2.45) is 11.7 Å². The molecule has 22 heavy (non-hydrogen) atoms. The first-order valence-corrected chi connectivity index (χ1v) is 8.88. The van der Waals surface area contributed by atoms with Crippen LogP contribution in [0, 0.1) is 5.92 Å². The van der Waals surface area contributed by atoms with Crippen molar-refractivity contribution in [1.82, 2.24) is 5.32 Å². The minimum absolute atomic E-state index is 0.00997. The minimum atomic E-state index is -0.341. The highest BCUT2D eigenvalue weighted by Crippen LogP contribution is 2.38. The Balaban J connectivity index is 1.68. The number of nitrogens with two attached hydrogens (primary N) is 1. The number of hydrogen-bond donors (Lipinski definition) is 2. The van der Waals surface area contributed by atoms with Crippen molar-refractivity contribution >= 4 is 21.8 Å². The van der Waals surface area contributed by atoms with Gasteiger partial charge in [0.15, 0.2) is 0 Å². The van der Waals surface area contributed by atoms with Crippen LogP contribution in [0.1, 0.15) is 43.7 Å². The number of carbonyl (C=O) groups is 1. The van der Waals surface area contributed by atoms with Crippen LogP contribution in [-0.2, 0) is 9.53 Å². The van der Waals surface area contributed by atoms with Gasteiger partial charge in [0.05, 0.1) is 12.1 Å². The standard InChI is InChI=1S/C17H23BrN2O2/c18-13-6-4-12(5-7-13)16(11-2-1-3-11)20-17(21)15-9-8-14(10-19)22-15/h4-7,11,14-16H,1-3,8-10,19H2,(H,20,21)/t14-,15+,16?/m1/s1. The fourth-order valence-corrected chi connectivity index (χ4v) is 3.50. The predicted molar refractivity (Wildman–Crippen MR) is 89.3 cm³/mol. The van der Waals surface area contributed by atoms with Gasteiger partial charge in [-0.25, -0.2) is 0 Å². The van der Waals surface area contributed by atoms with Crippen molar-refractivity contribution in [3.63, 3.8) is 0 Å². The van der Waals surface area contributed by atoms with Crippen molar-refractivity contribution in [3.8, 4) is 0 Å². The lowest BCUT2D eigenvalue weighted by Crippen LogP contribution is -2.41. The van der Waals surface area contributed by atoms with Crippen LogP contribution in [0.2, 0.25) is 0 Å². The molecule has 2 aliphatic rings. The third-order valence-corrected chi connectivity index (χ3v) is 5.34. The van der Waals surface area contributed by atoms with E-state index in [-0.39, 0.29) is 24.2 Å². The van der Waals surface area contributed by atoms with Crippen molar-refractivity contribution in [2.45, 2.75) is 50.4 Å². The average Bonchev–Trinajstić information content (AvgIpc) is 2.94. The summed E-state index contributed by atoms with van der Waals surface area (Å²) < 4.78 is 6.77. The summed E-state index contributed by atoms with van der Waals surface area (Å²) in [5.41, 5.74) is 6.80. The summed E-state index contributed by atoms with van der Waals surface area (Å²) in [7, 11) is 0. The number of hydrogen-bond acceptors (Lipinski definition) is 3. The van der Waals surface area contributed by atoms with E-state index in [1.165, 1.54) is 24.8 Å². The van der Waals surface area contributed by atoms with Crippen LogP contribution in [0.15, 0.2) is 28.7 Å². The summed E-state index contributed by atoms with van der Waals surface area (Å²) in [6.45, 7) is 0.489. The number of carbonyl (C=O) groups excluding carboxylic acids is 1. The molecule has 1 unspecified atom stereocenters. The molecule has 5 heteroatoms. The van der Waals surface area contributed by atoms with E-state index < -0.39 is 0 Å². The smallest absolute Gasteiger partial charge is 0.249 e. The number of ether oxygens (including phenoxy) is 1. The van der Waals surface area contributed by atoms with Gasteiger partial charge in [-0.15, -0.1) is 0 Å². The third-order valence-electron chi connectivity index (χ3n) is 4.81. The van der Waals surface area contributed by atoms with Gasteiger partial charge in [-0.05, 0) is 49.3 Å². The van der Waals surface area contributed by atoms with E-state index in [4.69, 9.17) is 10.5 Å². The lowest BCUT2D eigenvalue weighted by Gasteiger charge is -2.35. The van der Waals surface area contributed by atoms with Gasteiger partial charge in [-0.1, -0.05) is 34.5 Å². The van der Waals surface area contributed by atoms with Crippen molar-refractivity contribution in [3.05, 3.63) is 34.3 Å². The van der Waals surface area contributed by atoms with Crippen molar-refractivity contribution < 1.29 is 9.53 Å². The summed E-state index contributed by atoms with van der Waals surface area (Å²) in [5.74, 6) is 0.549. The Morgan fingerprint density at radius 3 is 2.55 bits per heavy atom. The Morgan fingerprint density at radius 1 is 1.27 bits per heavy atom. The van der Waals surface area contributed by atoms with Crippen LogP contribution >= 0.6 is 15.9 Å². The van der Waals surface area contributed by atoms with E-state index in [1.807, 2.05) is 12.1 Å². The Bertz CT molecular complexity index is 516. The van der Waals surface area contributed by atoms with Gasteiger partial charge < -0.3 is 15.8 Å². The van der Waals surface area contributed by atoms with Crippen LogP contribution in [0.5, 0.6) is 0 Å². The van der Waals surface area contributed by atoms with E-state index in [1.54, 1.807) is 0 Å². The molecule has 1 saturated carbocycles. The van der Waals surface area contributed by atoms with E-state index in [0.717, 1.165) is 17.3 Å². The van der Waals surface area contributed by atoms with E-state index in [0.29, 0.717) is 12.5 Å². The zero-order valence-electron chi connectivity index (χ0n) is 12.6. The lowest BCUT2D eigenvalue weighted by atomic mass is 9.77. The van der Waals surface area contributed by atoms with Crippen molar-refractivity contribution in [1.29, 1.82) is 0 Å². The molecule has 0 radical (unpaired) electrons. The molecule has 3 atom stereocenters. The zero-order chi connectivity index (χ0) is 15.5. The first-order valence-electron chi connectivity index (χ1n) is 8.08. The fraction of sp³-hybridized carbons (Fsp3) is 0.588. The largest absolute Gasteiger partial charge is 0.364 e. The van der Waals surface area contributed by atoms with Crippen LogP contribution in [0.25, 0.3) is 0 Å². The summed E-state index contributed by atoms with van der Waals surface area (Å²) >= 11 is 3.46. The molecule has 0 aromatic heterocycles. The molecule has 1 saturated heterocycles. The quantitative estimate of drug-likeness (QED) is 0.841. The predicted octanol–water partition coefficient (Wildman–Crippen LogP) is 2.91. The second-order valence-electron chi connectivity index (χ2n) is 6.29. The third kappa shape index (κ3) is 3.53. The first kappa shape index (κ1) is 16.0. The van der Waals surface area contributed by atoms with Crippen LogP contribution < -0.4 is 11.1 Å². The summed E-state index contributed by atoms with van der Waals surface area (Å²) in [6, 6.07) is 8.33. The van der Waals surface area contributed by atoms with Gasteiger partial charge >= 0.3 is 0 Å². The number of amides is 1. The molecule has 1 aliphatic carbocycles. The molecule has 0 bridgehead atoms. The SMILES string of the molecule is NC[C@H]1CC[C@@H](C(=O)NC(c2ccc(Br)cc2)C2CCC2)O1. The zero-order valence-corrected chi connectivity index (χ0v) is 14.2. The highest BCUT2D eigenvalue weighted by molar-refractivity contribution is 9.10. The molecular formula is C17H23BrN2O2. The minimum Gasteiger partial charge on any atom is -0.364 e. The van der Waals surface area contributed by atoms with E-state index >= 15 is 0 Å². The maximum atomic E-state index is 12.5. The van der Waals surface area contributed by atoms with E-state index in [2.05, 4.69) is 33.4 Å². The maximum Gasteiger partial charge on any atom is 0.249 e. The second kappa shape index (κ2) is 7.11. The molecule has 1 aliphatic heterocycles. The van der Waals surface area contributed by atoms with Gasteiger partial charge in [0.25, 0.3) is 0 Å². The first-order chi connectivity index (χ1) is 10.7. The lowest BCUT2D eigenvalue weighted by molar-refractivity contribution is -0.133. The van der Waals surface area contributed by atoms with Gasteiger partial charge in [0, 0.05) is 11.0 Å². The second-order valence-corrected chi connectivity index (χ2v) is 7.20. The highest BCUT2D eigenvalue weighted by Gasteiger charge is 2.34. The molecule has 1 amide bonds. The molecule has 120 valence electrons.